The lowest BCUT2D eigenvalue weighted by molar-refractivity contribution is -0.933. The smallest absolute Gasteiger partial charge is 0.362 e. The number of carbonyl (C=O) groups excluding carboxylic acids is 4. The van der Waals surface area contributed by atoms with Gasteiger partial charge >= 0.3 is 23.9 Å². The third kappa shape index (κ3) is 20.2. The van der Waals surface area contributed by atoms with E-state index in [-0.39, 0.29) is 56.2 Å². The van der Waals surface area contributed by atoms with Crippen molar-refractivity contribution in [1.82, 2.24) is 14.7 Å². The number of rotatable bonds is 13. The molecule has 0 aromatic heterocycles. The van der Waals surface area contributed by atoms with E-state index in [1.165, 1.54) is 0 Å². The van der Waals surface area contributed by atoms with Gasteiger partial charge in [-0.1, -0.05) is 0 Å². The molecule has 318 valence electrons. The Balaban J connectivity index is 2.02. The minimum Gasteiger partial charge on any atom is -0.491 e. The van der Waals surface area contributed by atoms with Crippen molar-refractivity contribution in [1.29, 1.82) is 0 Å². The van der Waals surface area contributed by atoms with Crippen LogP contribution in [0.4, 0.5) is 0 Å². The average Bonchev–Trinajstić information content (AvgIpc) is 3.83. The Bertz CT molecular complexity index is 1390. The van der Waals surface area contributed by atoms with E-state index in [4.69, 9.17) is 28.4 Å². The lowest BCUT2D eigenvalue weighted by atomic mass is 10.1. The molecule has 0 amide bonds. The fraction of sp³-hybridized carbons (Fsp3) is 0.762. The molecule has 2 fully saturated rings. The molecule has 1 aromatic carbocycles. The van der Waals surface area contributed by atoms with Crippen LogP contribution in [-0.4, -0.2) is 163 Å². The third-order valence-corrected chi connectivity index (χ3v) is 8.73. The van der Waals surface area contributed by atoms with Crippen LogP contribution in [-0.2, 0) is 49.4 Å². The molecule has 0 bridgehead atoms. The van der Waals surface area contributed by atoms with Gasteiger partial charge < -0.3 is 32.9 Å². The Labute approximate surface area is 335 Å². The molecule has 14 nitrogen and oxygen atoms in total. The minimum atomic E-state index is -0.694. The summed E-state index contributed by atoms with van der Waals surface area (Å²) in [5.41, 5.74) is -1.68. The van der Waals surface area contributed by atoms with Gasteiger partial charge in [-0.05, 0) is 107 Å². The first-order valence-corrected chi connectivity index (χ1v) is 20.0. The summed E-state index contributed by atoms with van der Waals surface area (Å²) in [6, 6.07) is 7.89. The lowest BCUT2D eigenvalue weighted by Crippen LogP contribution is -2.59. The van der Waals surface area contributed by atoms with Crippen LogP contribution in [0.1, 0.15) is 88.6 Å². The van der Waals surface area contributed by atoms with Gasteiger partial charge in [-0.2, -0.15) is 0 Å². The predicted octanol–water partition coefficient (Wildman–Crippen LogP) is 4.07. The van der Waals surface area contributed by atoms with Crippen LogP contribution in [0.25, 0.3) is 0 Å². The van der Waals surface area contributed by atoms with Crippen LogP contribution in [0.15, 0.2) is 24.3 Å². The summed E-state index contributed by atoms with van der Waals surface area (Å²) in [5, 5.41) is 0. The maximum atomic E-state index is 13.8. The van der Waals surface area contributed by atoms with Gasteiger partial charge in [0.15, 0.2) is 6.54 Å². The topological polar surface area (TPSA) is 137 Å². The van der Waals surface area contributed by atoms with Gasteiger partial charge in [-0.3, -0.25) is 29.1 Å². The van der Waals surface area contributed by atoms with Gasteiger partial charge in [0.2, 0.25) is 0 Å². The number of nitrogens with zero attached hydrogens (tertiary/aromatic N) is 4. The first-order chi connectivity index (χ1) is 25.8. The number of esters is 4. The summed E-state index contributed by atoms with van der Waals surface area (Å²) in [6.07, 6.45) is 0.135. The van der Waals surface area contributed by atoms with E-state index in [0.29, 0.717) is 76.6 Å². The normalized spacial score (nSPS) is 19.5. The molecular weight excluding hydrogens is 720 g/mol. The molecule has 0 aliphatic carbocycles. The van der Waals surface area contributed by atoms with Crippen molar-refractivity contribution in [3.63, 3.8) is 0 Å². The summed E-state index contributed by atoms with van der Waals surface area (Å²) >= 11 is 0. The van der Waals surface area contributed by atoms with E-state index in [9.17, 15) is 19.2 Å². The Hall–Kier alpha value is -3.30. The third-order valence-electron chi connectivity index (χ3n) is 8.73. The van der Waals surface area contributed by atoms with Crippen molar-refractivity contribution in [2.45, 2.75) is 118 Å². The number of benzene rings is 1. The number of hydrogen-bond donors (Lipinski definition) is 0. The second kappa shape index (κ2) is 19.9. The maximum Gasteiger partial charge on any atom is 0.362 e. The lowest BCUT2D eigenvalue weighted by Gasteiger charge is -2.42. The summed E-state index contributed by atoms with van der Waals surface area (Å²) in [4.78, 5) is 59.5. The molecule has 2 aliphatic heterocycles. The van der Waals surface area contributed by atoms with E-state index in [1.54, 1.807) is 0 Å². The van der Waals surface area contributed by atoms with Gasteiger partial charge in [0, 0.05) is 44.8 Å². The van der Waals surface area contributed by atoms with Gasteiger partial charge in [0.1, 0.15) is 47.4 Å². The molecule has 0 radical (unpaired) electrons. The zero-order valence-corrected chi connectivity index (χ0v) is 36.4. The van der Waals surface area contributed by atoms with Gasteiger partial charge in [0.05, 0.1) is 39.3 Å². The molecule has 1 aromatic rings. The van der Waals surface area contributed by atoms with Crippen LogP contribution in [0.3, 0.4) is 0 Å². The van der Waals surface area contributed by atoms with Crippen LogP contribution < -0.4 is 4.74 Å². The van der Waals surface area contributed by atoms with Gasteiger partial charge in [-0.25, -0.2) is 4.79 Å². The fourth-order valence-electron chi connectivity index (χ4n) is 6.32. The molecule has 2 saturated heterocycles. The number of quaternary nitrogens is 1. The van der Waals surface area contributed by atoms with Crippen LogP contribution in [0, 0.1) is 0 Å². The molecule has 14 heteroatoms. The fourth-order valence-corrected chi connectivity index (χ4v) is 6.32. The highest BCUT2D eigenvalue weighted by atomic mass is 16.6. The highest BCUT2D eigenvalue weighted by Crippen LogP contribution is 2.22. The van der Waals surface area contributed by atoms with Crippen LogP contribution in [0.2, 0.25) is 0 Å². The Kier molecular flexibility index (Phi) is 16.7. The monoisotopic (exact) mass is 792 g/mol. The Morgan fingerprint density at radius 3 is 1.30 bits per heavy atom. The first-order valence-electron chi connectivity index (χ1n) is 20.0. The van der Waals surface area contributed by atoms with E-state index in [2.05, 4.69) is 0 Å². The standard InChI is InChI=1S/C42H71N4O10/c1-39(2,3)53-35(47)25-43-17-19-44(26-36(48)54-40(4,5)6)21-23-46(29-38(50)56-42(10,11)12,24-22-45(20-18-43)27-37(49)55-41(7,8)9)28-32-13-15-33(16-14-32)51-30-34-31-52-34/h13-16,34H,17-31H2,1-12H3/q+1. The number of epoxide rings is 1. The van der Waals surface area contributed by atoms with Gasteiger partial charge in [-0.15, -0.1) is 0 Å². The van der Waals surface area contributed by atoms with E-state index in [1.807, 2.05) is 122 Å². The molecule has 2 aliphatic rings. The molecule has 0 N–H and O–H groups in total. The maximum absolute atomic E-state index is 13.8. The zero-order valence-electron chi connectivity index (χ0n) is 36.4. The molecule has 0 saturated carbocycles. The quantitative estimate of drug-likeness (QED) is 0.123. The van der Waals surface area contributed by atoms with E-state index >= 15 is 0 Å². The van der Waals surface area contributed by atoms with Crippen molar-refractivity contribution in [3.8, 4) is 5.75 Å². The van der Waals surface area contributed by atoms with Crippen molar-refractivity contribution < 1.29 is 52.1 Å². The summed E-state index contributed by atoms with van der Waals surface area (Å²) < 4.78 is 34.6. The second-order valence-electron chi connectivity index (χ2n) is 19.2. The van der Waals surface area contributed by atoms with Crippen molar-refractivity contribution in [2.75, 3.05) is 91.8 Å². The average molecular weight is 792 g/mol. The van der Waals surface area contributed by atoms with Gasteiger partial charge in [0.25, 0.3) is 0 Å². The molecule has 0 spiro atoms. The molecular formula is C42H71N4O10+. The van der Waals surface area contributed by atoms with Crippen molar-refractivity contribution >= 4 is 23.9 Å². The molecule has 56 heavy (non-hydrogen) atoms. The summed E-state index contributed by atoms with van der Waals surface area (Å²) in [6.45, 7) is 27.6. The van der Waals surface area contributed by atoms with E-state index < -0.39 is 22.4 Å². The predicted molar refractivity (Wildman–Crippen MR) is 213 cm³/mol. The number of ether oxygens (including phenoxy) is 6. The van der Waals surface area contributed by atoms with Crippen molar-refractivity contribution in [2.24, 2.45) is 0 Å². The van der Waals surface area contributed by atoms with E-state index in [0.717, 1.165) is 11.3 Å². The molecule has 3 rings (SSSR count). The number of hydrogen-bond acceptors (Lipinski definition) is 13. The van der Waals surface area contributed by atoms with Crippen LogP contribution in [0.5, 0.6) is 5.75 Å². The second-order valence-corrected chi connectivity index (χ2v) is 19.2. The zero-order chi connectivity index (χ0) is 42.0. The minimum absolute atomic E-state index is 0.0332. The summed E-state index contributed by atoms with van der Waals surface area (Å²) in [7, 11) is 0. The van der Waals surface area contributed by atoms with Crippen LogP contribution >= 0.6 is 0 Å². The molecule has 2 heterocycles. The highest BCUT2D eigenvalue weighted by Gasteiger charge is 2.36. The SMILES string of the molecule is CC(C)(C)OC(=O)CN1CCN(CC(=O)OC(C)(C)C)CC[N+](CC(=O)OC(C)(C)C)(Cc2ccc(OCC3CO3)cc2)CCN(CC(=O)OC(C)(C)C)CC1. The van der Waals surface area contributed by atoms with Crippen molar-refractivity contribution in [3.05, 3.63) is 29.8 Å². The summed E-state index contributed by atoms with van der Waals surface area (Å²) in [5.74, 6) is -0.671. The number of carbonyl (C=O) groups is 4. The Morgan fingerprint density at radius 2 is 0.946 bits per heavy atom. The molecule has 1 unspecified atom stereocenters. The first kappa shape index (κ1) is 47.1. The molecule has 1 atom stereocenters. The highest BCUT2D eigenvalue weighted by molar-refractivity contribution is 5.73. The largest absolute Gasteiger partial charge is 0.491 e. The Morgan fingerprint density at radius 1 is 0.589 bits per heavy atom.